The number of nitrogens with zero attached hydrogens (tertiary/aromatic N) is 4. The third-order valence-electron chi connectivity index (χ3n) is 5.67. The van der Waals surface area contributed by atoms with Gasteiger partial charge in [0.05, 0.1) is 10.9 Å². The van der Waals surface area contributed by atoms with Crippen molar-refractivity contribution in [3.63, 3.8) is 0 Å². The molecule has 1 N–H and O–H groups in total. The lowest BCUT2D eigenvalue weighted by Crippen LogP contribution is -2.51. The summed E-state index contributed by atoms with van der Waals surface area (Å²) in [4.78, 5) is 31.5. The Kier molecular flexibility index (Phi) is 5.74. The molecule has 1 saturated heterocycles. The highest BCUT2D eigenvalue weighted by Crippen LogP contribution is 2.27. The number of rotatable bonds is 4. The minimum absolute atomic E-state index is 0.102. The van der Waals surface area contributed by atoms with E-state index in [9.17, 15) is 23.1 Å². The number of amides is 1. The highest BCUT2D eigenvalue weighted by atomic mass is 32.2. The number of para-hydroxylation sites is 1. The largest absolute Gasteiger partial charge is 0.507 e. The molecule has 3 aromatic rings. The van der Waals surface area contributed by atoms with Crippen molar-refractivity contribution in [2.75, 3.05) is 26.2 Å². The molecule has 1 aromatic heterocycles. The Hall–Kier alpha value is -3.24. The lowest BCUT2D eigenvalue weighted by Gasteiger charge is -2.34. The third kappa shape index (κ3) is 3.98. The van der Waals surface area contributed by atoms with Gasteiger partial charge >= 0.3 is 0 Å². The number of aromatic hydroxyl groups is 1. The Morgan fingerprint density at radius 2 is 1.75 bits per heavy atom. The topological polar surface area (TPSA) is 113 Å². The summed E-state index contributed by atoms with van der Waals surface area (Å²) in [7, 11) is -3.88. The molecule has 10 heteroatoms. The van der Waals surface area contributed by atoms with Crippen LogP contribution in [0.2, 0.25) is 0 Å². The molecule has 168 valence electrons. The van der Waals surface area contributed by atoms with Gasteiger partial charge in [-0.25, -0.2) is 13.4 Å². The van der Waals surface area contributed by atoms with Crippen molar-refractivity contribution in [3.8, 4) is 5.75 Å². The molecule has 0 spiro atoms. The number of piperazine rings is 1. The SMILES string of the molecule is Cc1ccc(O)c(S(=O)(=O)N2CCN(C(=O)Cn3c(C)nc4ccccc4c3=O)CC2)c1. The molecule has 0 unspecified atom stereocenters. The molecule has 9 nitrogen and oxygen atoms in total. The van der Waals surface area contributed by atoms with E-state index in [1.807, 2.05) is 0 Å². The van der Waals surface area contributed by atoms with E-state index in [2.05, 4.69) is 4.98 Å². The zero-order valence-corrected chi connectivity index (χ0v) is 18.7. The van der Waals surface area contributed by atoms with Crippen LogP contribution in [0.5, 0.6) is 5.75 Å². The summed E-state index contributed by atoms with van der Waals surface area (Å²) < 4.78 is 28.5. The molecule has 4 rings (SSSR count). The van der Waals surface area contributed by atoms with Crippen molar-refractivity contribution >= 4 is 26.8 Å². The van der Waals surface area contributed by atoms with E-state index >= 15 is 0 Å². The lowest BCUT2D eigenvalue weighted by atomic mass is 10.2. The number of sulfonamides is 1. The molecule has 1 amide bonds. The Labute approximate surface area is 185 Å². The van der Waals surface area contributed by atoms with Gasteiger partial charge in [0.1, 0.15) is 23.0 Å². The first-order valence-corrected chi connectivity index (χ1v) is 11.7. The number of fused-ring (bicyclic) bond motifs is 1. The molecule has 2 aromatic carbocycles. The number of phenols is 1. The molecule has 0 radical (unpaired) electrons. The van der Waals surface area contributed by atoms with E-state index in [-0.39, 0.29) is 54.8 Å². The van der Waals surface area contributed by atoms with Crippen LogP contribution in [0.25, 0.3) is 10.9 Å². The summed E-state index contributed by atoms with van der Waals surface area (Å²) in [5.74, 6) is -0.131. The quantitative estimate of drug-likeness (QED) is 0.632. The Morgan fingerprint density at radius 1 is 1.06 bits per heavy atom. The van der Waals surface area contributed by atoms with Gasteiger partial charge in [0, 0.05) is 26.2 Å². The van der Waals surface area contributed by atoms with Crippen LogP contribution >= 0.6 is 0 Å². The maximum absolute atomic E-state index is 13.0. The van der Waals surface area contributed by atoms with Crippen molar-refractivity contribution < 1.29 is 18.3 Å². The predicted octanol–water partition coefficient (Wildman–Crippen LogP) is 1.25. The average Bonchev–Trinajstić information content (AvgIpc) is 2.78. The number of hydrogen-bond donors (Lipinski definition) is 1. The van der Waals surface area contributed by atoms with Crippen molar-refractivity contribution in [1.82, 2.24) is 18.8 Å². The minimum Gasteiger partial charge on any atom is -0.507 e. The molecule has 1 fully saturated rings. The molecule has 0 bridgehead atoms. The molecule has 0 aliphatic carbocycles. The van der Waals surface area contributed by atoms with Crippen LogP contribution < -0.4 is 5.56 Å². The summed E-state index contributed by atoms with van der Waals surface area (Å²) in [6.07, 6.45) is 0. The van der Waals surface area contributed by atoms with E-state index < -0.39 is 10.0 Å². The minimum atomic E-state index is -3.88. The summed E-state index contributed by atoms with van der Waals surface area (Å²) in [6, 6.07) is 11.4. The maximum Gasteiger partial charge on any atom is 0.261 e. The fourth-order valence-corrected chi connectivity index (χ4v) is 5.43. The second-order valence-electron chi connectivity index (χ2n) is 7.82. The van der Waals surface area contributed by atoms with Gasteiger partial charge in [0.15, 0.2) is 0 Å². The third-order valence-corrected chi connectivity index (χ3v) is 7.60. The van der Waals surface area contributed by atoms with Gasteiger partial charge < -0.3 is 10.0 Å². The second-order valence-corrected chi connectivity index (χ2v) is 9.73. The van der Waals surface area contributed by atoms with Crippen LogP contribution in [0.3, 0.4) is 0 Å². The monoisotopic (exact) mass is 456 g/mol. The molecule has 1 aliphatic rings. The molecular weight excluding hydrogens is 432 g/mol. The molecule has 0 atom stereocenters. The van der Waals surface area contributed by atoms with Gasteiger partial charge in [-0.2, -0.15) is 4.31 Å². The van der Waals surface area contributed by atoms with E-state index in [1.165, 1.54) is 21.0 Å². The average molecular weight is 457 g/mol. The van der Waals surface area contributed by atoms with Crippen molar-refractivity contribution in [2.24, 2.45) is 0 Å². The van der Waals surface area contributed by atoms with E-state index in [0.29, 0.717) is 16.7 Å². The van der Waals surface area contributed by atoms with E-state index in [0.717, 1.165) is 5.56 Å². The first-order valence-electron chi connectivity index (χ1n) is 10.2. The standard InChI is InChI=1S/C22H24N4O5S/c1-15-7-8-19(27)20(13-15)32(30,31)25-11-9-24(10-12-25)21(28)14-26-16(2)23-18-6-4-3-5-17(18)22(26)29/h3-8,13,27H,9-12,14H2,1-2H3. The lowest BCUT2D eigenvalue weighted by molar-refractivity contribution is -0.133. The number of phenolic OH excluding ortho intramolecular Hbond substituents is 1. The van der Waals surface area contributed by atoms with Crippen molar-refractivity contribution in [1.29, 1.82) is 0 Å². The normalized spacial score (nSPS) is 15.2. The van der Waals surface area contributed by atoms with Crippen LogP contribution in [0.4, 0.5) is 0 Å². The van der Waals surface area contributed by atoms with Crippen LogP contribution in [0.1, 0.15) is 11.4 Å². The van der Waals surface area contributed by atoms with Crippen molar-refractivity contribution in [3.05, 3.63) is 64.2 Å². The Morgan fingerprint density at radius 3 is 2.47 bits per heavy atom. The first kappa shape index (κ1) is 22.0. The number of aromatic nitrogens is 2. The molecule has 1 aliphatic heterocycles. The van der Waals surface area contributed by atoms with Gasteiger partial charge in [-0.1, -0.05) is 18.2 Å². The van der Waals surface area contributed by atoms with E-state index in [1.54, 1.807) is 49.1 Å². The van der Waals surface area contributed by atoms with Crippen LogP contribution in [-0.2, 0) is 21.4 Å². The van der Waals surface area contributed by atoms with Gasteiger partial charge in [0.2, 0.25) is 15.9 Å². The molecule has 0 saturated carbocycles. The Balaban J connectivity index is 1.48. The summed E-state index contributed by atoms with van der Waals surface area (Å²) in [5.41, 5.74) is 1.02. The molecular formula is C22H24N4O5S. The Bertz CT molecular complexity index is 1360. The maximum atomic E-state index is 13.0. The van der Waals surface area contributed by atoms with Gasteiger partial charge in [-0.3, -0.25) is 14.2 Å². The zero-order valence-electron chi connectivity index (χ0n) is 17.9. The number of carbonyl (C=O) groups is 1. The summed E-state index contributed by atoms with van der Waals surface area (Å²) in [6.45, 7) is 3.87. The van der Waals surface area contributed by atoms with Crippen LogP contribution in [-0.4, -0.2) is 64.4 Å². The second kappa shape index (κ2) is 8.36. The number of carbonyl (C=O) groups excluding carboxylic acids is 1. The van der Waals surface area contributed by atoms with Crippen molar-refractivity contribution in [2.45, 2.75) is 25.3 Å². The summed E-state index contributed by atoms with van der Waals surface area (Å²) >= 11 is 0. The fourth-order valence-electron chi connectivity index (χ4n) is 3.85. The van der Waals surface area contributed by atoms with Gasteiger partial charge in [-0.05, 0) is 43.7 Å². The smallest absolute Gasteiger partial charge is 0.261 e. The highest BCUT2D eigenvalue weighted by Gasteiger charge is 2.32. The number of aryl methyl sites for hydroxylation is 2. The van der Waals surface area contributed by atoms with Crippen LogP contribution in [0.15, 0.2) is 52.2 Å². The summed E-state index contributed by atoms with van der Waals surface area (Å²) in [5, 5.41) is 10.5. The fraction of sp³-hybridized carbons (Fsp3) is 0.318. The highest BCUT2D eigenvalue weighted by molar-refractivity contribution is 7.89. The van der Waals surface area contributed by atoms with Gasteiger partial charge in [0.25, 0.3) is 5.56 Å². The first-order chi connectivity index (χ1) is 15.2. The number of benzene rings is 2. The van der Waals surface area contributed by atoms with Gasteiger partial charge in [-0.15, -0.1) is 0 Å². The predicted molar refractivity (Wildman–Crippen MR) is 119 cm³/mol. The van der Waals surface area contributed by atoms with Crippen LogP contribution in [0, 0.1) is 13.8 Å². The molecule has 2 heterocycles. The zero-order chi connectivity index (χ0) is 23.0. The van der Waals surface area contributed by atoms with E-state index in [4.69, 9.17) is 0 Å². The molecule has 32 heavy (non-hydrogen) atoms. The number of hydrogen-bond acceptors (Lipinski definition) is 6.